The highest BCUT2D eigenvalue weighted by molar-refractivity contribution is 7.91. The number of sulfone groups is 1. The van der Waals surface area contributed by atoms with Crippen molar-refractivity contribution in [2.75, 3.05) is 7.11 Å². The molecule has 0 heterocycles. The van der Waals surface area contributed by atoms with Crippen LogP contribution in [0.2, 0.25) is 0 Å². The molecule has 9 heteroatoms. The van der Waals surface area contributed by atoms with E-state index in [1.807, 2.05) is 6.07 Å². The number of esters is 1. The Morgan fingerprint density at radius 2 is 1.76 bits per heavy atom. The van der Waals surface area contributed by atoms with E-state index in [4.69, 9.17) is 14.7 Å². The minimum Gasteiger partial charge on any atom is -0.493 e. The van der Waals surface area contributed by atoms with Gasteiger partial charge in [-0.3, -0.25) is 0 Å². The molecule has 0 aromatic heterocycles. The number of hydrogen-bond donors (Lipinski definition) is 0. The van der Waals surface area contributed by atoms with Crippen LogP contribution in [0.25, 0.3) is 0 Å². The van der Waals surface area contributed by atoms with Crippen molar-refractivity contribution in [2.45, 2.75) is 10.7 Å². The molecule has 2 aromatic rings. The summed E-state index contributed by atoms with van der Waals surface area (Å²) in [6.07, 6.45) is 0. The first-order chi connectivity index (χ1) is 11.8. The lowest BCUT2D eigenvalue weighted by Gasteiger charge is -2.09. The van der Waals surface area contributed by atoms with Crippen LogP contribution in [0.15, 0.2) is 47.4 Å². The zero-order valence-corrected chi connectivity index (χ0v) is 13.6. The molecule has 0 radical (unpaired) electrons. The van der Waals surface area contributed by atoms with Crippen molar-refractivity contribution < 1.29 is 31.5 Å². The van der Waals surface area contributed by atoms with Gasteiger partial charge in [0.05, 0.1) is 29.2 Å². The Balaban J connectivity index is 2.24. The molecule has 0 fully saturated rings. The van der Waals surface area contributed by atoms with Crippen LogP contribution in [0.5, 0.6) is 11.5 Å². The van der Waals surface area contributed by atoms with E-state index in [2.05, 4.69) is 0 Å². The van der Waals surface area contributed by atoms with Gasteiger partial charge in [0.25, 0.3) is 0 Å². The largest absolute Gasteiger partial charge is 0.493 e. The highest BCUT2D eigenvalue weighted by atomic mass is 32.2. The zero-order valence-electron chi connectivity index (χ0n) is 12.8. The number of rotatable bonds is 5. The van der Waals surface area contributed by atoms with Crippen LogP contribution in [0, 0.1) is 11.3 Å². The molecular formula is C16H11F2NO5S. The van der Waals surface area contributed by atoms with Gasteiger partial charge in [-0.05, 0) is 36.4 Å². The number of ether oxygens (including phenoxy) is 2. The molecule has 2 aromatic carbocycles. The predicted octanol–water partition coefficient (Wildman–Crippen LogP) is 2.78. The van der Waals surface area contributed by atoms with E-state index in [1.54, 1.807) is 0 Å². The number of halogens is 2. The second kappa shape index (κ2) is 7.27. The second-order valence-electron chi connectivity index (χ2n) is 4.70. The summed E-state index contributed by atoms with van der Waals surface area (Å²) in [7, 11) is -3.40. The summed E-state index contributed by atoms with van der Waals surface area (Å²) < 4.78 is 57.8. The third-order valence-electron chi connectivity index (χ3n) is 3.15. The number of nitriles is 1. The Morgan fingerprint density at radius 1 is 1.12 bits per heavy atom. The third kappa shape index (κ3) is 3.92. The van der Waals surface area contributed by atoms with E-state index < -0.39 is 26.5 Å². The summed E-state index contributed by atoms with van der Waals surface area (Å²) in [6.45, 7) is 0. The van der Waals surface area contributed by atoms with Crippen molar-refractivity contribution in [3.63, 3.8) is 0 Å². The number of carbonyl (C=O) groups excluding carboxylic acids is 1. The summed E-state index contributed by atoms with van der Waals surface area (Å²) in [4.78, 5) is 11.5. The molecule has 0 saturated carbocycles. The van der Waals surface area contributed by atoms with Gasteiger partial charge in [-0.1, -0.05) is 0 Å². The minimum absolute atomic E-state index is 0.0420. The van der Waals surface area contributed by atoms with Crippen LogP contribution >= 0.6 is 0 Å². The summed E-state index contributed by atoms with van der Waals surface area (Å²) in [5.74, 6) is -4.18. The molecule has 0 N–H and O–H groups in total. The summed E-state index contributed by atoms with van der Waals surface area (Å²) in [5.41, 5.74) is 0.262. The van der Waals surface area contributed by atoms with Gasteiger partial charge in [-0.15, -0.1) is 0 Å². The number of hydrogen-bond acceptors (Lipinski definition) is 6. The van der Waals surface area contributed by atoms with E-state index in [9.17, 15) is 22.0 Å². The molecule has 0 saturated heterocycles. The lowest BCUT2D eigenvalue weighted by molar-refractivity contribution is 0.0729. The normalized spacial score (nSPS) is 11.0. The summed E-state index contributed by atoms with van der Waals surface area (Å²) in [5, 5.41) is 8.82. The number of methoxy groups -OCH3 is 1. The number of nitrogens with zero attached hydrogens (tertiary/aromatic N) is 1. The van der Waals surface area contributed by atoms with E-state index >= 15 is 0 Å². The average molecular weight is 367 g/mol. The highest BCUT2D eigenvalue weighted by Gasteiger charge is 2.26. The smallest absolute Gasteiger partial charge is 0.343 e. The highest BCUT2D eigenvalue weighted by Crippen LogP contribution is 2.28. The number of carbonyl (C=O) groups is 1. The second-order valence-corrected chi connectivity index (χ2v) is 6.61. The maximum Gasteiger partial charge on any atom is 0.343 e. The van der Waals surface area contributed by atoms with Crippen molar-refractivity contribution in [1.82, 2.24) is 0 Å². The maximum absolute atomic E-state index is 12.5. The SMILES string of the molecule is COc1cc(C#N)ccc1OC(=O)c1ccc(S(=O)(=O)C(F)F)cc1. The van der Waals surface area contributed by atoms with Gasteiger partial charge in [-0.2, -0.15) is 14.0 Å². The van der Waals surface area contributed by atoms with Crippen LogP contribution in [0.4, 0.5) is 8.78 Å². The fourth-order valence-electron chi connectivity index (χ4n) is 1.86. The first-order valence-corrected chi connectivity index (χ1v) is 8.26. The van der Waals surface area contributed by atoms with Crippen LogP contribution < -0.4 is 9.47 Å². The summed E-state index contributed by atoms with van der Waals surface area (Å²) in [6, 6.07) is 9.99. The maximum atomic E-state index is 12.5. The molecule has 2 rings (SSSR count). The molecule has 0 atom stereocenters. The average Bonchev–Trinajstić information content (AvgIpc) is 2.61. The van der Waals surface area contributed by atoms with E-state index in [0.717, 1.165) is 24.3 Å². The van der Waals surface area contributed by atoms with Crippen LogP contribution in [-0.4, -0.2) is 27.3 Å². The summed E-state index contributed by atoms with van der Waals surface area (Å²) >= 11 is 0. The first kappa shape index (κ1) is 18.4. The van der Waals surface area contributed by atoms with Crippen molar-refractivity contribution >= 4 is 15.8 Å². The number of benzene rings is 2. The monoisotopic (exact) mass is 367 g/mol. The molecule has 0 amide bonds. The quantitative estimate of drug-likeness (QED) is 0.596. The van der Waals surface area contributed by atoms with Crippen molar-refractivity contribution in [2.24, 2.45) is 0 Å². The van der Waals surface area contributed by atoms with E-state index in [-0.39, 0.29) is 17.1 Å². The Bertz CT molecular complexity index is 934. The van der Waals surface area contributed by atoms with Gasteiger partial charge in [-0.25, -0.2) is 13.2 Å². The third-order valence-corrected chi connectivity index (χ3v) is 4.55. The van der Waals surface area contributed by atoms with Gasteiger partial charge in [0.2, 0.25) is 9.84 Å². The Labute approximate surface area is 142 Å². The Kier molecular flexibility index (Phi) is 5.34. The predicted molar refractivity (Wildman–Crippen MR) is 82.3 cm³/mol. The van der Waals surface area contributed by atoms with Crippen LogP contribution in [0.3, 0.4) is 0 Å². The molecule has 25 heavy (non-hydrogen) atoms. The topological polar surface area (TPSA) is 93.5 Å². The fourth-order valence-corrected chi connectivity index (χ4v) is 2.58. The molecule has 0 spiro atoms. The van der Waals surface area contributed by atoms with Crippen molar-refractivity contribution in [3.8, 4) is 17.6 Å². The molecule has 0 aliphatic heterocycles. The van der Waals surface area contributed by atoms with Gasteiger partial charge in [0, 0.05) is 6.07 Å². The molecule has 0 unspecified atom stereocenters. The Morgan fingerprint density at radius 3 is 2.28 bits per heavy atom. The minimum atomic E-state index is -4.73. The van der Waals surface area contributed by atoms with E-state index in [0.29, 0.717) is 5.56 Å². The lowest BCUT2D eigenvalue weighted by Crippen LogP contribution is -2.13. The number of alkyl halides is 2. The molecule has 0 bridgehead atoms. The van der Waals surface area contributed by atoms with Gasteiger partial charge < -0.3 is 9.47 Å². The fraction of sp³-hybridized carbons (Fsp3) is 0.125. The van der Waals surface area contributed by atoms with Gasteiger partial charge in [0.15, 0.2) is 11.5 Å². The van der Waals surface area contributed by atoms with Crippen LogP contribution in [-0.2, 0) is 9.84 Å². The molecule has 0 aliphatic carbocycles. The van der Waals surface area contributed by atoms with Crippen molar-refractivity contribution in [3.05, 3.63) is 53.6 Å². The standard InChI is InChI=1S/C16H11F2NO5S/c1-23-14-8-10(9-19)2-7-13(14)24-15(20)11-3-5-12(6-4-11)25(21,22)16(17)18/h2-8,16H,1H3. The Hall–Kier alpha value is -2.99. The van der Waals surface area contributed by atoms with Gasteiger partial charge in [0.1, 0.15) is 0 Å². The molecule has 0 aliphatic rings. The van der Waals surface area contributed by atoms with Crippen LogP contribution in [0.1, 0.15) is 15.9 Å². The van der Waals surface area contributed by atoms with Crippen molar-refractivity contribution in [1.29, 1.82) is 5.26 Å². The molecule has 130 valence electrons. The molecule has 6 nitrogen and oxygen atoms in total. The first-order valence-electron chi connectivity index (χ1n) is 6.72. The lowest BCUT2D eigenvalue weighted by atomic mass is 10.2. The van der Waals surface area contributed by atoms with E-state index in [1.165, 1.54) is 25.3 Å². The zero-order chi connectivity index (χ0) is 18.6. The van der Waals surface area contributed by atoms with Gasteiger partial charge >= 0.3 is 11.7 Å². The molecular weight excluding hydrogens is 356 g/mol.